The highest BCUT2D eigenvalue weighted by atomic mass is 32.1. The molecule has 4 nitrogen and oxygen atoms in total. The van der Waals surface area contributed by atoms with E-state index in [1.54, 1.807) is 6.07 Å². The second kappa shape index (κ2) is 6.54. The molecule has 1 aromatic rings. The smallest absolute Gasteiger partial charge is 0.291 e. The van der Waals surface area contributed by atoms with Gasteiger partial charge in [0.1, 0.15) is 0 Å². The summed E-state index contributed by atoms with van der Waals surface area (Å²) in [4.78, 5) is 17.0. The Hall–Kier alpha value is -1.36. The van der Waals surface area contributed by atoms with Crippen molar-refractivity contribution >= 4 is 23.3 Å². The maximum atomic E-state index is 11.9. The zero-order valence-electron chi connectivity index (χ0n) is 10.5. The van der Waals surface area contributed by atoms with Crippen molar-refractivity contribution in [1.29, 1.82) is 0 Å². The Morgan fingerprint density at radius 2 is 2.22 bits per heavy atom. The quantitative estimate of drug-likeness (QED) is 0.661. The van der Waals surface area contributed by atoms with E-state index < -0.39 is 0 Å². The van der Waals surface area contributed by atoms with Crippen LogP contribution in [0.2, 0.25) is 0 Å². The number of nitrogens with zero attached hydrogens (tertiary/aromatic N) is 1. The van der Waals surface area contributed by atoms with Gasteiger partial charge >= 0.3 is 0 Å². The van der Waals surface area contributed by atoms with E-state index in [0.29, 0.717) is 10.9 Å². The molecule has 98 valence electrons. The highest BCUT2D eigenvalue weighted by Crippen LogP contribution is 2.20. The van der Waals surface area contributed by atoms with E-state index in [2.05, 4.69) is 10.3 Å². The van der Waals surface area contributed by atoms with Gasteiger partial charge in [-0.1, -0.05) is 25.3 Å². The zero-order valence-corrected chi connectivity index (χ0v) is 11.3. The van der Waals surface area contributed by atoms with E-state index in [1.807, 2.05) is 11.4 Å². The van der Waals surface area contributed by atoms with Gasteiger partial charge in [-0.25, -0.2) is 4.99 Å². The molecule has 0 spiro atoms. The topological polar surface area (TPSA) is 50.7 Å². The van der Waals surface area contributed by atoms with Crippen LogP contribution in [0, 0.1) is 0 Å². The lowest BCUT2D eigenvalue weighted by Gasteiger charge is -2.18. The molecule has 0 saturated heterocycles. The standard InChI is InChI=1S/C13H18N2O2S/c1-17-13(14-10-6-3-2-4-7-10)15-12(16)11-8-5-9-18-11/h5,8-10H,2-4,6-7H2,1H3,(H,14,15,16). The number of carbonyl (C=O) groups excluding carboxylic acids is 1. The van der Waals surface area contributed by atoms with Gasteiger partial charge in [-0.05, 0) is 24.3 Å². The summed E-state index contributed by atoms with van der Waals surface area (Å²) >= 11 is 1.41. The minimum absolute atomic E-state index is 0.151. The van der Waals surface area contributed by atoms with Gasteiger partial charge in [0, 0.05) is 0 Å². The number of carbonyl (C=O) groups is 1. The normalized spacial score (nSPS) is 17.5. The minimum atomic E-state index is -0.151. The van der Waals surface area contributed by atoms with E-state index in [0.717, 1.165) is 12.8 Å². The third-order valence-electron chi connectivity index (χ3n) is 3.03. The summed E-state index contributed by atoms with van der Waals surface area (Å²) in [5.74, 6) is -0.151. The first-order valence-corrected chi connectivity index (χ1v) is 7.14. The Kier molecular flexibility index (Phi) is 4.75. The Bertz CT molecular complexity index is 409. The molecule has 1 N–H and O–H groups in total. The van der Waals surface area contributed by atoms with Crippen LogP contribution in [0.25, 0.3) is 0 Å². The molecule has 1 aliphatic rings. The molecule has 1 aromatic heterocycles. The number of thiophene rings is 1. The summed E-state index contributed by atoms with van der Waals surface area (Å²) in [6.45, 7) is 0. The first-order valence-electron chi connectivity index (χ1n) is 6.26. The first-order chi connectivity index (χ1) is 8.79. The van der Waals surface area contributed by atoms with Crippen LogP contribution in [0.15, 0.2) is 22.5 Å². The molecule has 0 aliphatic heterocycles. The van der Waals surface area contributed by atoms with Gasteiger partial charge < -0.3 is 4.74 Å². The van der Waals surface area contributed by atoms with Gasteiger partial charge in [-0.2, -0.15) is 0 Å². The van der Waals surface area contributed by atoms with Crippen molar-refractivity contribution in [3.8, 4) is 0 Å². The number of hydrogen-bond acceptors (Lipinski definition) is 4. The third-order valence-corrected chi connectivity index (χ3v) is 3.90. The van der Waals surface area contributed by atoms with Gasteiger partial charge in [-0.15, -0.1) is 11.3 Å². The molecule has 1 amide bonds. The number of hydrogen-bond donors (Lipinski definition) is 1. The lowest BCUT2D eigenvalue weighted by atomic mass is 9.96. The molecular formula is C13H18N2O2S. The number of amidine groups is 1. The number of amides is 1. The highest BCUT2D eigenvalue weighted by Gasteiger charge is 2.15. The van der Waals surface area contributed by atoms with Crippen LogP contribution in [0.1, 0.15) is 41.8 Å². The van der Waals surface area contributed by atoms with Gasteiger partial charge in [0.15, 0.2) is 0 Å². The summed E-state index contributed by atoms with van der Waals surface area (Å²) in [5, 5.41) is 4.59. The molecule has 2 rings (SSSR count). The SMILES string of the molecule is COC(=NC1CCCCC1)NC(=O)c1cccs1. The maximum Gasteiger partial charge on any atom is 0.291 e. The van der Waals surface area contributed by atoms with Crippen molar-refractivity contribution in [2.24, 2.45) is 4.99 Å². The van der Waals surface area contributed by atoms with E-state index in [1.165, 1.54) is 37.7 Å². The van der Waals surface area contributed by atoms with Gasteiger partial charge in [0.25, 0.3) is 11.9 Å². The van der Waals surface area contributed by atoms with Crippen molar-refractivity contribution in [3.63, 3.8) is 0 Å². The van der Waals surface area contributed by atoms with E-state index in [4.69, 9.17) is 4.74 Å². The average Bonchev–Trinajstić information content (AvgIpc) is 2.93. The molecule has 1 heterocycles. The Morgan fingerprint density at radius 3 is 2.83 bits per heavy atom. The van der Waals surface area contributed by atoms with Crippen LogP contribution in [0.4, 0.5) is 0 Å². The zero-order chi connectivity index (χ0) is 12.8. The molecule has 0 radical (unpaired) electrons. The molecule has 0 unspecified atom stereocenters. The molecule has 1 saturated carbocycles. The Morgan fingerprint density at radius 1 is 1.44 bits per heavy atom. The fourth-order valence-corrected chi connectivity index (χ4v) is 2.70. The number of methoxy groups -OCH3 is 1. The van der Waals surface area contributed by atoms with Gasteiger partial charge in [-0.3, -0.25) is 10.1 Å². The third kappa shape index (κ3) is 3.57. The van der Waals surface area contributed by atoms with Crippen molar-refractivity contribution in [1.82, 2.24) is 5.32 Å². The molecule has 1 fully saturated rings. The minimum Gasteiger partial charge on any atom is -0.468 e. The Labute approximate surface area is 111 Å². The number of aliphatic imine (C=N–C) groups is 1. The van der Waals surface area contributed by atoms with Crippen molar-refractivity contribution in [2.75, 3.05) is 7.11 Å². The summed E-state index contributed by atoms with van der Waals surface area (Å²) in [6, 6.07) is 4.26. The lowest BCUT2D eigenvalue weighted by molar-refractivity contribution is 0.0972. The van der Waals surface area contributed by atoms with Crippen LogP contribution in [0.5, 0.6) is 0 Å². The number of nitrogens with one attached hydrogen (secondary N) is 1. The largest absolute Gasteiger partial charge is 0.468 e. The van der Waals surface area contributed by atoms with Crippen LogP contribution in [-0.4, -0.2) is 25.1 Å². The molecule has 0 bridgehead atoms. The van der Waals surface area contributed by atoms with E-state index in [9.17, 15) is 4.79 Å². The Balaban J connectivity index is 1.95. The van der Waals surface area contributed by atoms with Crippen molar-refractivity contribution in [2.45, 2.75) is 38.1 Å². The molecule has 0 atom stereocenters. The number of ether oxygens (including phenoxy) is 1. The summed E-state index contributed by atoms with van der Waals surface area (Å²) in [6.07, 6.45) is 5.88. The predicted octanol–water partition coefficient (Wildman–Crippen LogP) is 2.81. The van der Waals surface area contributed by atoms with Crippen LogP contribution in [0.3, 0.4) is 0 Å². The van der Waals surface area contributed by atoms with Gasteiger partial charge in [0.05, 0.1) is 18.0 Å². The summed E-state index contributed by atoms with van der Waals surface area (Å²) < 4.78 is 5.14. The molecule has 5 heteroatoms. The fourth-order valence-electron chi connectivity index (χ4n) is 2.08. The summed E-state index contributed by atoms with van der Waals surface area (Å²) in [5.41, 5.74) is 0. The monoisotopic (exact) mass is 266 g/mol. The van der Waals surface area contributed by atoms with Crippen LogP contribution >= 0.6 is 11.3 Å². The highest BCUT2D eigenvalue weighted by molar-refractivity contribution is 7.12. The molecule has 1 aliphatic carbocycles. The number of rotatable bonds is 2. The molecular weight excluding hydrogens is 248 g/mol. The second-order valence-electron chi connectivity index (χ2n) is 4.36. The molecule has 18 heavy (non-hydrogen) atoms. The summed E-state index contributed by atoms with van der Waals surface area (Å²) in [7, 11) is 1.54. The van der Waals surface area contributed by atoms with E-state index in [-0.39, 0.29) is 11.9 Å². The maximum absolute atomic E-state index is 11.9. The van der Waals surface area contributed by atoms with Crippen molar-refractivity contribution < 1.29 is 9.53 Å². The second-order valence-corrected chi connectivity index (χ2v) is 5.31. The van der Waals surface area contributed by atoms with Crippen LogP contribution < -0.4 is 5.32 Å². The average molecular weight is 266 g/mol. The van der Waals surface area contributed by atoms with Crippen LogP contribution in [-0.2, 0) is 4.74 Å². The molecule has 0 aromatic carbocycles. The lowest BCUT2D eigenvalue weighted by Crippen LogP contribution is -2.32. The fraction of sp³-hybridized carbons (Fsp3) is 0.538. The predicted molar refractivity (Wildman–Crippen MR) is 73.1 cm³/mol. The van der Waals surface area contributed by atoms with Gasteiger partial charge in [0.2, 0.25) is 0 Å². The first kappa shape index (κ1) is 13.1. The van der Waals surface area contributed by atoms with E-state index >= 15 is 0 Å². The van der Waals surface area contributed by atoms with Crippen molar-refractivity contribution in [3.05, 3.63) is 22.4 Å².